The maximum atomic E-state index is 11.1. The topological polar surface area (TPSA) is 103 Å². The summed E-state index contributed by atoms with van der Waals surface area (Å²) in [6.45, 7) is 0. The van der Waals surface area contributed by atoms with Crippen molar-refractivity contribution in [3.05, 3.63) is 57.6 Å². The van der Waals surface area contributed by atoms with Gasteiger partial charge >= 0.3 is 0 Å². The zero-order chi connectivity index (χ0) is 14.9. The van der Waals surface area contributed by atoms with Crippen LogP contribution in [0.4, 0.5) is 5.69 Å². The molecule has 0 aromatic heterocycles. The fraction of sp³-hybridized carbons (Fsp3) is 0. The van der Waals surface area contributed by atoms with Gasteiger partial charge in [-0.25, -0.2) is 13.6 Å². The van der Waals surface area contributed by atoms with Crippen LogP contribution < -0.4 is 5.14 Å². The van der Waals surface area contributed by atoms with Crippen LogP contribution in [-0.2, 0) is 10.0 Å². The number of non-ortho nitro benzene ring substituents is 1. The monoisotopic (exact) mass is 312 g/mol. The van der Waals surface area contributed by atoms with Crippen LogP contribution in [0.25, 0.3) is 11.1 Å². The fourth-order valence-corrected chi connectivity index (χ4v) is 2.48. The van der Waals surface area contributed by atoms with E-state index in [4.69, 9.17) is 16.7 Å². The lowest BCUT2D eigenvalue weighted by molar-refractivity contribution is -0.384. The van der Waals surface area contributed by atoms with Gasteiger partial charge in [-0.1, -0.05) is 23.7 Å². The molecule has 0 fully saturated rings. The number of hydrogen-bond acceptors (Lipinski definition) is 4. The third kappa shape index (κ3) is 2.96. The Hall–Kier alpha value is -1.96. The van der Waals surface area contributed by atoms with E-state index in [1.54, 1.807) is 0 Å². The minimum Gasteiger partial charge on any atom is -0.258 e. The van der Waals surface area contributed by atoms with Gasteiger partial charge in [-0.05, 0) is 23.8 Å². The molecule has 20 heavy (non-hydrogen) atoms. The Morgan fingerprint density at radius 2 is 1.70 bits per heavy atom. The lowest BCUT2D eigenvalue weighted by Crippen LogP contribution is -2.11. The average molecular weight is 313 g/mol. The summed E-state index contributed by atoms with van der Waals surface area (Å²) in [7, 11) is -3.75. The third-order valence-electron chi connectivity index (χ3n) is 2.66. The summed E-state index contributed by atoms with van der Waals surface area (Å²) in [5.41, 5.74) is 1.09. The van der Waals surface area contributed by atoms with Gasteiger partial charge in [0.05, 0.1) is 14.8 Å². The van der Waals surface area contributed by atoms with Crippen LogP contribution in [0.2, 0.25) is 5.02 Å². The number of primary sulfonamides is 1. The van der Waals surface area contributed by atoms with Crippen LogP contribution in [0, 0.1) is 10.1 Å². The van der Waals surface area contributed by atoms with Crippen molar-refractivity contribution >= 4 is 27.3 Å². The second kappa shape index (κ2) is 5.20. The second-order valence-electron chi connectivity index (χ2n) is 3.99. The summed E-state index contributed by atoms with van der Waals surface area (Å²) in [5.74, 6) is 0. The number of nitro benzene ring substituents is 1. The molecular weight excluding hydrogens is 304 g/mol. The standard InChI is InChI=1S/C12H9ClN2O4S/c13-12-7-9(15(16)17)3-6-11(12)8-1-4-10(5-2-8)20(14,18)19/h1-7H,(H2,14,18,19). The first-order chi connectivity index (χ1) is 9.29. The van der Waals surface area contributed by atoms with Crippen molar-refractivity contribution in [1.82, 2.24) is 0 Å². The molecule has 2 aromatic rings. The molecule has 0 saturated carbocycles. The highest BCUT2D eigenvalue weighted by molar-refractivity contribution is 7.89. The van der Waals surface area contributed by atoms with Gasteiger partial charge in [-0.15, -0.1) is 0 Å². The molecule has 2 N–H and O–H groups in total. The molecular formula is C12H9ClN2O4S. The second-order valence-corrected chi connectivity index (χ2v) is 5.96. The van der Waals surface area contributed by atoms with E-state index < -0.39 is 14.9 Å². The zero-order valence-corrected chi connectivity index (χ0v) is 11.6. The number of sulfonamides is 1. The predicted molar refractivity (Wildman–Crippen MR) is 74.9 cm³/mol. The summed E-state index contributed by atoms with van der Waals surface area (Å²) in [4.78, 5) is 10.1. The van der Waals surface area contributed by atoms with Crippen molar-refractivity contribution in [1.29, 1.82) is 0 Å². The molecule has 104 valence electrons. The minimum absolute atomic E-state index is 0.0146. The Morgan fingerprint density at radius 1 is 1.10 bits per heavy atom. The Morgan fingerprint density at radius 3 is 2.15 bits per heavy atom. The largest absolute Gasteiger partial charge is 0.270 e. The molecule has 0 unspecified atom stereocenters. The normalized spacial score (nSPS) is 11.3. The average Bonchev–Trinajstić information content (AvgIpc) is 2.37. The first kappa shape index (κ1) is 14.4. The first-order valence-electron chi connectivity index (χ1n) is 5.36. The molecule has 0 atom stereocenters. The highest BCUT2D eigenvalue weighted by atomic mass is 35.5. The van der Waals surface area contributed by atoms with E-state index in [0.717, 1.165) is 0 Å². The molecule has 0 aliphatic rings. The number of nitrogens with zero attached hydrogens (tertiary/aromatic N) is 1. The van der Waals surface area contributed by atoms with E-state index in [1.807, 2.05) is 0 Å². The molecule has 0 bridgehead atoms. The van der Waals surface area contributed by atoms with E-state index in [-0.39, 0.29) is 15.6 Å². The molecule has 0 aliphatic carbocycles. The number of rotatable bonds is 3. The number of hydrogen-bond donors (Lipinski definition) is 1. The summed E-state index contributed by atoms with van der Waals surface area (Å²) >= 11 is 5.99. The minimum atomic E-state index is -3.75. The maximum absolute atomic E-state index is 11.1. The highest BCUT2D eigenvalue weighted by Crippen LogP contribution is 2.31. The van der Waals surface area contributed by atoms with E-state index in [2.05, 4.69) is 0 Å². The van der Waals surface area contributed by atoms with E-state index in [0.29, 0.717) is 11.1 Å². The van der Waals surface area contributed by atoms with Gasteiger partial charge in [0.1, 0.15) is 0 Å². The molecule has 0 aliphatic heterocycles. The molecule has 0 saturated heterocycles. The van der Waals surface area contributed by atoms with Gasteiger partial charge in [-0.2, -0.15) is 0 Å². The highest BCUT2D eigenvalue weighted by Gasteiger charge is 2.12. The SMILES string of the molecule is NS(=O)(=O)c1ccc(-c2ccc([N+](=O)[O-])cc2Cl)cc1. The van der Waals surface area contributed by atoms with Crippen molar-refractivity contribution in [2.24, 2.45) is 5.14 Å². The van der Waals surface area contributed by atoms with Crippen LogP contribution in [0.5, 0.6) is 0 Å². The maximum Gasteiger partial charge on any atom is 0.270 e. The Balaban J connectivity index is 2.45. The van der Waals surface area contributed by atoms with Crippen molar-refractivity contribution in [3.63, 3.8) is 0 Å². The van der Waals surface area contributed by atoms with Crippen LogP contribution >= 0.6 is 11.6 Å². The summed E-state index contributed by atoms with van der Waals surface area (Å²) in [5, 5.41) is 15.8. The lowest BCUT2D eigenvalue weighted by atomic mass is 10.1. The molecule has 0 spiro atoms. The Kier molecular flexibility index (Phi) is 3.76. The van der Waals surface area contributed by atoms with Crippen LogP contribution in [0.3, 0.4) is 0 Å². The van der Waals surface area contributed by atoms with Crippen molar-refractivity contribution in [3.8, 4) is 11.1 Å². The van der Waals surface area contributed by atoms with E-state index >= 15 is 0 Å². The number of nitro groups is 1. The molecule has 0 amide bonds. The van der Waals surface area contributed by atoms with Crippen molar-refractivity contribution in [2.75, 3.05) is 0 Å². The quantitative estimate of drug-likeness (QED) is 0.694. The van der Waals surface area contributed by atoms with E-state index in [1.165, 1.54) is 42.5 Å². The zero-order valence-electron chi connectivity index (χ0n) is 9.99. The van der Waals surface area contributed by atoms with Crippen LogP contribution in [0.15, 0.2) is 47.4 Å². The smallest absolute Gasteiger partial charge is 0.258 e. The molecule has 0 heterocycles. The molecule has 2 rings (SSSR count). The molecule has 2 aromatic carbocycles. The predicted octanol–water partition coefficient (Wildman–Crippen LogP) is 2.56. The molecule has 6 nitrogen and oxygen atoms in total. The lowest BCUT2D eigenvalue weighted by Gasteiger charge is -2.05. The third-order valence-corrected chi connectivity index (χ3v) is 3.90. The van der Waals surface area contributed by atoms with Gasteiger partial charge in [0, 0.05) is 17.7 Å². The van der Waals surface area contributed by atoms with Gasteiger partial charge < -0.3 is 0 Å². The van der Waals surface area contributed by atoms with Gasteiger partial charge in [0.2, 0.25) is 10.0 Å². The van der Waals surface area contributed by atoms with E-state index in [9.17, 15) is 18.5 Å². The summed E-state index contributed by atoms with van der Waals surface area (Å²) < 4.78 is 22.3. The number of nitrogens with two attached hydrogens (primary N) is 1. The van der Waals surface area contributed by atoms with Crippen molar-refractivity contribution in [2.45, 2.75) is 4.90 Å². The fourth-order valence-electron chi connectivity index (χ4n) is 1.68. The Bertz CT molecular complexity index is 773. The molecule has 8 heteroatoms. The van der Waals surface area contributed by atoms with Crippen LogP contribution in [-0.4, -0.2) is 13.3 Å². The van der Waals surface area contributed by atoms with Gasteiger partial charge in [0.15, 0.2) is 0 Å². The summed E-state index contributed by atoms with van der Waals surface area (Å²) in [6, 6.07) is 9.84. The van der Waals surface area contributed by atoms with Gasteiger partial charge in [-0.3, -0.25) is 10.1 Å². The van der Waals surface area contributed by atoms with Gasteiger partial charge in [0.25, 0.3) is 5.69 Å². The first-order valence-corrected chi connectivity index (χ1v) is 7.28. The Labute approximate surface area is 120 Å². The number of benzene rings is 2. The summed E-state index contributed by atoms with van der Waals surface area (Å²) in [6.07, 6.45) is 0. The number of halogens is 1. The van der Waals surface area contributed by atoms with Crippen LogP contribution in [0.1, 0.15) is 0 Å². The molecule has 0 radical (unpaired) electrons. The van der Waals surface area contributed by atoms with Crippen molar-refractivity contribution < 1.29 is 13.3 Å².